The highest BCUT2D eigenvalue weighted by Gasteiger charge is 2.33. The van der Waals surface area contributed by atoms with Crippen molar-refractivity contribution in [1.29, 1.82) is 0 Å². The summed E-state index contributed by atoms with van der Waals surface area (Å²) in [6.07, 6.45) is -5.02. The Morgan fingerprint density at radius 2 is 1.75 bits per heavy atom. The van der Waals surface area contributed by atoms with Gasteiger partial charge in [0.1, 0.15) is 0 Å². The molecule has 0 radical (unpaired) electrons. The van der Waals surface area contributed by atoms with Crippen LogP contribution in [0.3, 0.4) is 0 Å². The summed E-state index contributed by atoms with van der Waals surface area (Å²) in [5, 5.41) is 0. The highest BCUT2D eigenvalue weighted by Crippen LogP contribution is 2.32. The molecule has 0 saturated carbocycles. The number of carbonyl (C=O) groups excluding carboxylic acids is 2. The van der Waals surface area contributed by atoms with Gasteiger partial charge in [-0.25, -0.2) is 0 Å². The number of benzene rings is 1. The van der Waals surface area contributed by atoms with E-state index in [9.17, 15) is 22.8 Å². The number of halogens is 3. The molecule has 0 saturated heterocycles. The molecule has 86 valence electrons. The van der Waals surface area contributed by atoms with E-state index in [0.29, 0.717) is 0 Å². The summed E-state index contributed by atoms with van der Waals surface area (Å²) >= 11 is 0. The summed E-state index contributed by atoms with van der Waals surface area (Å²) in [6, 6.07) is 4.73. The van der Waals surface area contributed by atoms with Crippen LogP contribution in [0.25, 0.3) is 0 Å². The van der Waals surface area contributed by atoms with Crippen molar-refractivity contribution in [3.05, 3.63) is 35.4 Å². The van der Waals surface area contributed by atoms with E-state index in [4.69, 9.17) is 0 Å². The van der Waals surface area contributed by atoms with E-state index in [-0.39, 0.29) is 5.56 Å². The predicted octanol–water partition coefficient (Wildman–Crippen LogP) is 2.41. The molecule has 16 heavy (non-hydrogen) atoms. The highest BCUT2D eigenvalue weighted by atomic mass is 19.4. The molecule has 1 aromatic carbocycles. The van der Waals surface area contributed by atoms with Crippen molar-refractivity contribution in [3.8, 4) is 0 Å². The van der Waals surface area contributed by atoms with Crippen molar-refractivity contribution in [2.45, 2.75) is 19.5 Å². The average molecular weight is 230 g/mol. The maximum atomic E-state index is 12.5. The topological polar surface area (TPSA) is 34.1 Å². The first-order chi connectivity index (χ1) is 7.32. The van der Waals surface area contributed by atoms with Crippen molar-refractivity contribution >= 4 is 11.6 Å². The molecule has 0 N–H and O–H groups in total. The standard InChI is InChI=1S/C11H9F3O2/c1-7(15)10(16)6-8-4-2-3-5-9(8)11(12,13)14/h2-5H,6H2,1H3. The van der Waals surface area contributed by atoms with Gasteiger partial charge in [0.05, 0.1) is 5.56 Å². The first-order valence-corrected chi connectivity index (χ1v) is 4.51. The van der Waals surface area contributed by atoms with Crippen molar-refractivity contribution in [3.63, 3.8) is 0 Å². The molecule has 0 aliphatic carbocycles. The van der Waals surface area contributed by atoms with E-state index < -0.39 is 29.7 Å². The lowest BCUT2D eigenvalue weighted by Gasteiger charge is -2.11. The van der Waals surface area contributed by atoms with Crippen LogP contribution in [0.15, 0.2) is 24.3 Å². The van der Waals surface area contributed by atoms with Crippen LogP contribution in [0.1, 0.15) is 18.1 Å². The van der Waals surface area contributed by atoms with Gasteiger partial charge in [-0.3, -0.25) is 9.59 Å². The summed E-state index contributed by atoms with van der Waals surface area (Å²) < 4.78 is 37.5. The Bertz CT molecular complexity index is 421. The number of ketones is 2. The van der Waals surface area contributed by atoms with Gasteiger partial charge < -0.3 is 0 Å². The quantitative estimate of drug-likeness (QED) is 0.747. The molecule has 0 amide bonds. The smallest absolute Gasteiger partial charge is 0.291 e. The van der Waals surface area contributed by atoms with Crippen molar-refractivity contribution < 1.29 is 22.8 Å². The minimum absolute atomic E-state index is 0.171. The first-order valence-electron chi connectivity index (χ1n) is 4.51. The summed E-state index contributed by atoms with van der Waals surface area (Å²) in [5.74, 6) is -1.56. The van der Waals surface area contributed by atoms with Gasteiger partial charge in [-0.05, 0) is 11.6 Å². The van der Waals surface area contributed by atoms with Gasteiger partial charge in [0, 0.05) is 13.3 Å². The van der Waals surface area contributed by atoms with Crippen LogP contribution in [0, 0.1) is 0 Å². The van der Waals surface area contributed by atoms with Gasteiger partial charge >= 0.3 is 6.18 Å². The molecule has 0 aromatic heterocycles. The van der Waals surface area contributed by atoms with Crippen molar-refractivity contribution in [1.82, 2.24) is 0 Å². The average Bonchev–Trinajstić information content (AvgIpc) is 2.16. The lowest BCUT2D eigenvalue weighted by molar-refractivity contribution is -0.139. The Kier molecular flexibility index (Phi) is 3.47. The molecule has 5 heteroatoms. The second kappa shape index (κ2) is 4.47. The Labute approximate surface area is 90.1 Å². The SMILES string of the molecule is CC(=O)C(=O)Cc1ccccc1C(F)(F)F. The molecular formula is C11H9F3O2. The zero-order chi connectivity index (χ0) is 12.3. The summed E-state index contributed by atoms with van der Waals surface area (Å²) in [5.41, 5.74) is -1.04. The molecule has 0 bridgehead atoms. The van der Waals surface area contributed by atoms with Crippen LogP contribution in [0.2, 0.25) is 0 Å². The molecular weight excluding hydrogens is 221 g/mol. The van der Waals surface area contributed by atoms with E-state index in [0.717, 1.165) is 13.0 Å². The normalized spacial score (nSPS) is 11.2. The van der Waals surface area contributed by atoms with Gasteiger partial charge in [-0.1, -0.05) is 18.2 Å². The number of hydrogen-bond acceptors (Lipinski definition) is 2. The number of carbonyl (C=O) groups is 2. The van der Waals surface area contributed by atoms with Gasteiger partial charge in [0.25, 0.3) is 0 Å². The summed E-state index contributed by atoms with van der Waals surface area (Å²) in [4.78, 5) is 21.8. The third kappa shape index (κ3) is 2.92. The van der Waals surface area contributed by atoms with Crippen LogP contribution >= 0.6 is 0 Å². The Morgan fingerprint density at radius 3 is 2.25 bits per heavy atom. The molecule has 0 heterocycles. The van der Waals surface area contributed by atoms with Gasteiger partial charge in [0.2, 0.25) is 5.78 Å². The molecule has 0 spiro atoms. The van der Waals surface area contributed by atoms with E-state index >= 15 is 0 Å². The van der Waals surface area contributed by atoms with Crippen LogP contribution in [0.4, 0.5) is 13.2 Å². The first kappa shape index (κ1) is 12.4. The maximum Gasteiger partial charge on any atom is 0.416 e. The minimum Gasteiger partial charge on any atom is -0.291 e. The van der Waals surface area contributed by atoms with Crippen LogP contribution in [0.5, 0.6) is 0 Å². The van der Waals surface area contributed by atoms with Crippen molar-refractivity contribution in [2.75, 3.05) is 0 Å². The zero-order valence-corrected chi connectivity index (χ0v) is 8.47. The largest absolute Gasteiger partial charge is 0.416 e. The van der Waals surface area contributed by atoms with E-state index in [1.165, 1.54) is 18.2 Å². The fourth-order valence-electron chi connectivity index (χ4n) is 1.25. The monoisotopic (exact) mass is 230 g/mol. The summed E-state index contributed by atoms with van der Waals surface area (Å²) in [7, 11) is 0. The lowest BCUT2D eigenvalue weighted by Crippen LogP contribution is -2.16. The number of alkyl halides is 3. The van der Waals surface area contributed by atoms with E-state index in [2.05, 4.69) is 0 Å². The Balaban J connectivity index is 3.05. The molecule has 0 fully saturated rings. The van der Waals surface area contributed by atoms with Crippen LogP contribution in [-0.2, 0) is 22.2 Å². The second-order valence-corrected chi connectivity index (χ2v) is 3.31. The third-order valence-corrected chi connectivity index (χ3v) is 2.07. The molecule has 0 aliphatic heterocycles. The summed E-state index contributed by atoms with van der Waals surface area (Å²) in [6.45, 7) is 1.04. The predicted molar refractivity (Wildman–Crippen MR) is 50.8 cm³/mol. The van der Waals surface area contributed by atoms with Crippen LogP contribution in [-0.4, -0.2) is 11.6 Å². The number of rotatable bonds is 3. The van der Waals surface area contributed by atoms with Gasteiger partial charge in [-0.2, -0.15) is 13.2 Å². The highest BCUT2D eigenvalue weighted by molar-refractivity contribution is 6.36. The fourth-order valence-corrected chi connectivity index (χ4v) is 1.25. The maximum absolute atomic E-state index is 12.5. The molecule has 0 unspecified atom stereocenters. The molecule has 0 atom stereocenters. The van der Waals surface area contributed by atoms with E-state index in [1.54, 1.807) is 0 Å². The second-order valence-electron chi connectivity index (χ2n) is 3.31. The molecule has 2 nitrogen and oxygen atoms in total. The van der Waals surface area contributed by atoms with Gasteiger partial charge in [-0.15, -0.1) is 0 Å². The number of Topliss-reactive ketones (excluding diaryl/α,β-unsaturated/α-hetero) is 2. The zero-order valence-electron chi connectivity index (χ0n) is 8.47. The number of hydrogen-bond donors (Lipinski definition) is 0. The lowest BCUT2D eigenvalue weighted by atomic mass is 10.0. The molecule has 1 aromatic rings. The van der Waals surface area contributed by atoms with Crippen LogP contribution < -0.4 is 0 Å². The minimum atomic E-state index is -4.51. The Morgan fingerprint density at radius 1 is 1.19 bits per heavy atom. The fraction of sp³-hybridized carbons (Fsp3) is 0.273. The van der Waals surface area contributed by atoms with Crippen molar-refractivity contribution in [2.24, 2.45) is 0 Å². The molecule has 0 aliphatic rings. The Hall–Kier alpha value is -1.65. The van der Waals surface area contributed by atoms with E-state index in [1.807, 2.05) is 0 Å². The molecule has 1 rings (SSSR count). The third-order valence-electron chi connectivity index (χ3n) is 2.07. The van der Waals surface area contributed by atoms with Gasteiger partial charge in [0.15, 0.2) is 5.78 Å².